The van der Waals surface area contributed by atoms with Crippen LogP contribution in [-0.4, -0.2) is 27.6 Å². The minimum absolute atomic E-state index is 0. The van der Waals surface area contributed by atoms with Gasteiger partial charge in [0.15, 0.2) is 0 Å². The molecule has 0 unspecified atom stereocenters. The Kier molecular flexibility index (Phi) is 8.15. The molecule has 9 heteroatoms. The van der Waals surface area contributed by atoms with Crippen molar-refractivity contribution in [1.29, 1.82) is 0 Å². The number of aromatic nitrogens is 3. The average molecular weight is 387 g/mol. The van der Waals surface area contributed by atoms with E-state index in [-0.39, 0.29) is 36.8 Å². The molecule has 1 fully saturated rings. The van der Waals surface area contributed by atoms with Crippen LogP contribution in [0.3, 0.4) is 0 Å². The molecule has 5 N–H and O–H groups in total. The van der Waals surface area contributed by atoms with Gasteiger partial charge in [0, 0.05) is 36.3 Å². The molecule has 0 bridgehead atoms. The second-order valence-corrected chi connectivity index (χ2v) is 5.72. The molecule has 0 aliphatic heterocycles. The molecule has 0 radical (unpaired) electrons. The molecule has 7 nitrogen and oxygen atoms in total. The van der Waals surface area contributed by atoms with Gasteiger partial charge in [0.25, 0.3) is 0 Å². The lowest BCUT2D eigenvalue weighted by Gasteiger charge is -2.32. The first-order chi connectivity index (χ1) is 11.2. The number of pyridine rings is 1. The van der Waals surface area contributed by atoms with E-state index in [9.17, 15) is 0 Å². The monoisotopic (exact) mass is 386 g/mol. The van der Waals surface area contributed by atoms with Gasteiger partial charge in [-0.25, -0.2) is 9.97 Å². The summed E-state index contributed by atoms with van der Waals surface area (Å²) in [4.78, 5) is 12.8. The lowest BCUT2D eigenvalue weighted by atomic mass is 9.78. The second kappa shape index (κ2) is 9.60. The third-order valence-electron chi connectivity index (χ3n) is 3.95. The molecule has 0 saturated heterocycles. The number of halogens is 2. The van der Waals surface area contributed by atoms with Crippen LogP contribution in [0.25, 0.3) is 0 Å². The summed E-state index contributed by atoms with van der Waals surface area (Å²) < 4.78 is 5.53. The standard InChI is InChI=1S/C16H22N6O.2ClH/c1-2-23-15-10(4-3-5-19-15)9-20-14-8-13(21-16(18)22-14)11-6-12(17)7-11;;/h3-5,8,11-12H,2,6-7,9,17H2,1H3,(H3,18,20,21,22);2*1H. The summed E-state index contributed by atoms with van der Waals surface area (Å²) >= 11 is 0. The van der Waals surface area contributed by atoms with Crippen molar-refractivity contribution in [2.45, 2.75) is 38.3 Å². The van der Waals surface area contributed by atoms with Gasteiger partial charge >= 0.3 is 0 Å². The van der Waals surface area contributed by atoms with Crippen molar-refractivity contribution < 1.29 is 4.74 Å². The maximum Gasteiger partial charge on any atom is 0.222 e. The van der Waals surface area contributed by atoms with E-state index < -0.39 is 0 Å². The van der Waals surface area contributed by atoms with E-state index >= 15 is 0 Å². The first-order valence-corrected chi connectivity index (χ1v) is 7.86. The molecular weight excluding hydrogens is 363 g/mol. The Bertz CT molecular complexity index is 681. The molecule has 2 aromatic heterocycles. The van der Waals surface area contributed by atoms with E-state index in [1.165, 1.54) is 0 Å². The van der Waals surface area contributed by atoms with Gasteiger partial charge in [0.2, 0.25) is 11.8 Å². The zero-order chi connectivity index (χ0) is 16.2. The van der Waals surface area contributed by atoms with Gasteiger partial charge in [-0.3, -0.25) is 0 Å². The molecule has 1 aliphatic rings. The van der Waals surface area contributed by atoms with Crippen LogP contribution in [0.2, 0.25) is 0 Å². The number of nitrogens with two attached hydrogens (primary N) is 2. The van der Waals surface area contributed by atoms with Crippen molar-refractivity contribution in [3.8, 4) is 5.88 Å². The molecule has 2 aromatic rings. The normalized spacial score (nSPS) is 18.3. The van der Waals surface area contributed by atoms with Crippen molar-refractivity contribution in [2.24, 2.45) is 5.73 Å². The molecule has 25 heavy (non-hydrogen) atoms. The average Bonchev–Trinajstić information content (AvgIpc) is 2.51. The maximum atomic E-state index is 5.85. The molecular formula is C16H24Cl2N6O. The van der Waals surface area contributed by atoms with Gasteiger partial charge in [-0.05, 0) is 25.8 Å². The van der Waals surface area contributed by atoms with Crippen LogP contribution in [0.1, 0.15) is 36.9 Å². The van der Waals surface area contributed by atoms with Crippen molar-refractivity contribution in [3.05, 3.63) is 35.7 Å². The third kappa shape index (κ3) is 5.32. The van der Waals surface area contributed by atoms with Crippen molar-refractivity contribution >= 4 is 36.6 Å². The van der Waals surface area contributed by atoms with E-state index in [1.807, 2.05) is 25.1 Å². The number of anilines is 2. The van der Waals surface area contributed by atoms with Gasteiger partial charge in [-0.15, -0.1) is 24.8 Å². The lowest BCUT2D eigenvalue weighted by molar-refractivity contribution is 0.323. The van der Waals surface area contributed by atoms with Crippen LogP contribution in [0.5, 0.6) is 5.88 Å². The number of ether oxygens (including phenoxy) is 1. The Morgan fingerprint density at radius 1 is 1.28 bits per heavy atom. The van der Waals surface area contributed by atoms with Gasteiger partial charge in [0.1, 0.15) is 5.82 Å². The zero-order valence-corrected chi connectivity index (χ0v) is 15.6. The summed E-state index contributed by atoms with van der Waals surface area (Å²) in [6.45, 7) is 3.08. The largest absolute Gasteiger partial charge is 0.478 e. The van der Waals surface area contributed by atoms with Gasteiger partial charge < -0.3 is 21.5 Å². The predicted octanol–water partition coefficient (Wildman–Crippen LogP) is 2.51. The third-order valence-corrected chi connectivity index (χ3v) is 3.95. The minimum Gasteiger partial charge on any atom is -0.478 e. The fourth-order valence-corrected chi connectivity index (χ4v) is 2.70. The Hall–Kier alpha value is -1.83. The number of nitrogens with zero attached hydrogens (tertiary/aromatic N) is 3. The van der Waals surface area contributed by atoms with Crippen LogP contribution in [0.15, 0.2) is 24.4 Å². The number of hydrogen-bond acceptors (Lipinski definition) is 7. The summed E-state index contributed by atoms with van der Waals surface area (Å²) in [5, 5.41) is 3.27. The van der Waals surface area contributed by atoms with E-state index in [4.69, 9.17) is 16.2 Å². The molecule has 2 heterocycles. The summed E-state index contributed by atoms with van der Waals surface area (Å²) in [7, 11) is 0. The van der Waals surface area contributed by atoms with Crippen LogP contribution >= 0.6 is 24.8 Å². The maximum absolute atomic E-state index is 5.85. The zero-order valence-electron chi connectivity index (χ0n) is 14.0. The number of nitrogens with one attached hydrogen (secondary N) is 1. The van der Waals surface area contributed by atoms with Crippen molar-refractivity contribution in [1.82, 2.24) is 15.0 Å². The van der Waals surface area contributed by atoms with E-state index in [0.717, 1.165) is 24.1 Å². The fraction of sp³-hybridized carbons (Fsp3) is 0.438. The summed E-state index contributed by atoms with van der Waals surface area (Å²) in [5.41, 5.74) is 13.6. The molecule has 138 valence electrons. The highest BCUT2D eigenvalue weighted by Crippen LogP contribution is 2.35. The van der Waals surface area contributed by atoms with Crippen molar-refractivity contribution in [2.75, 3.05) is 17.7 Å². The molecule has 3 rings (SSSR count). The molecule has 0 amide bonds. The molecule has 0 spiro atoms. The van der Waals surface area contributed by atoms with Gasteiger partial charge in [-0.1, -0.05) is 6.07 Å². The second-order valence-electron chi connectivity index (χ2n) is 5.72. The minimum atomic E-state index is 0. The number of hydrogen-bond donors (Lipinski definition) is 3. The van der Waals surface area contributed by atoms with Crippen LogP contribution in [0.4, 0.5) is 11.8 Å². The Morgan fingerprint density at radius 2 is 2.04 bits per heavy atom. The Balaban J connectivity index is 0.00000156. The summed E-state index contributed by atoms with van der Waals surface area (Å²) in [5.74, 6) is 2.00. The molecule has 1 saturated carbocycles. The van der Waals surface area contributed by atoms with E-state index in [2.05, 4.69) is 20.3 Å². The summed E-state index contributed by atoms with van der Waals surface area (Å²) in [6.07, 6.45) is 3.62. The molecule has 0 aromatic carbocycles. The first kappa shape index (κ1) is 21.2. The van der Waals surface area contributed by atoms with Crippen LogP contribution < -0.4 is 21.5 Å². The first-order valence-electron chi connectivity index (χ1n) is 7.86. The number of rotatable bonds is 6. The SMILES string of the molecule is CCOc1ncccc1CNc1cc(C2CC(N)C2)nc(N)n1.Cl.Cl. The smallest absolute Gasteiger partial charge is 0.222 e. The Labute approximate surface area is 159 Å². The Morgan fingerprint density at radius 3 is 2.72 bits per heavy atom. The van der Waals surface area contributed by atoms with Crippen LogP contribution in [-0.2, 0) is 6.54 Å². The van der Waals surface area contributed by atoms with Crippen molar-refractivity contribution in [3.63, 3.8) is 0 Å². The van der Waals surface area contributed by atoms with E-state index in [1.54, 1.807) is 6.20 Å². The lowest BCUT2D eigenvalue weighted by Crippen LogP contribution is -2.35. The highest BCUT2D eigenvalue weighted by atomic mass is 35.5. The van der Waals surface area contributed by atoms with E-state index in [0.29, 0.717) is 30.8 Å². The summed E-state index contributed by atoms with van der Waals surface area (Å²) in [6, 6.07) is 6.08. The quantitative estimate of drug-likeness (QED) is 0.698. The predicted molar refractivity (Wildman–Crippen MR) is 104 cm³/mol. The van der Waals surface area contributed by atoms with Crippen LogP contribution in [0, 0.1) is 0 Å². The van der Waals surface area contributed by atoms with Gasteiger partial charge in [0.05, 0.1) is 12.3 Å². The highest BCUT2D eigenvalue weighted by molar-refractivity contribution is 5.85. The fourth-order valence-electron chi connectivity index (χ4n) is 2.70. The highest BCUT2D eigenvalue weighted by Gasteiger charge is 2.29. The van der Waals surface area contributed by atoms with Gasteiger partial charge in [-0.2, -0.15) is 4.98 Å². The molecule has 0 atom stereocenters. The topological polar surface area (TPSA) is 112 Å². The number of nitrogen functional groups attached to an aromatic ring is 1. The molecule has 1 aliphatic carbocycles.